The molecule has 0 bridgehead atoms. The van der Waals surface area contributed by atoms with E-state index in [2.05, 4.69) is 4.98 Å². The summed E-state index contributed by atoms with van der Waals surface area (Å²) < 4.78 is 37.1. The van der Waals surface area contributed by atoms with Crippen LogP contribution in [0.25, 0.3) is 11.0 Å². The fourth-order valence-electron chi connectivity index (χ4n) is 2.50. The highest BCUT2D eigenvalue weighted by Gasteiger charge is 2.24. The number of benzene rings is 1. The van der Waals surface area contributed by atoms with Crippen LogP contribution in [0.5, 0.6) is 0 Å². The van der Waals surface area contributed by atoms with Gasteiger partial charge in [-0.05, 0) is 18.6 Å². The van der Waals surface area contributed by atoms with Gasteiger partial charge in [0.15, 0.2) is 6.29 Å². The van der Waals surface area contributed by atoms with Crippen LogP contribution in [0.2, 0.25) is 0 Å². The van der Waals surface area contributed by atoms with Gasteiger partial charge in [0.25, 0.3) is 0 Å². The molecule has 1 aromatic carbocycles. The minimum absolute atomic E-state index is 0.117. The Bertz CT molecular complexity index is 750. The lowest BCUT2D eigenvalue weighted by molar-refractivity contribution is -0.178. The number of para-hydroxylation sites is 2. The Labute approximate surface area is 128 Å². The molecule has 0 unspecified atom stereocenters. The first-order valence-electron chi connectivity index (χ1n) is 7.15. The molecular formula is C14H18N2O5S. The molecule has 1 aliphatic heterocycles. The van der Waals surface area contributed by atoms with Gasteiger partial charge in [0.05, 0.1) is 30.0 Å². The third-order valence-corrected chi connectivity index (χ3v) is 5.23. The van der Waals surface area contributed by atoms with Crippen molar-refractivity contribution in [1.82, 2.24) is 8.96 Å². The molecule has 2 aromatic rings. The molecule has 0 atom stereocenters. The smallest absolute Gasteiger partial charge is 0.240 e. The summed E-state index contributed by atoms with van der Waals surface area (Å²) >= 11 is 0. The maximum absolute atomic E-state index is 12.6. The molecule has 7 nitrogen and oxygen atoms in total. The summed E-state index contributed by atoms with van der Waals surface area (Å²) in [6.45, 7) is 0.728. The largest absolute Gasteiger partial charge is 0.388 e. The van der Waals surface area contributed by atoms with Gasteiger partial charge in [0.1, 0.15) is 12.4 Å². The normalized spacial score (nSPS) is 17.1. The zero-order chi connectivity index (χ0) is 15.6. The van der Waals surface area contributed by atoms with Crippen LogP contribution in [0.15, 0.2) is 24.3 Å². The number of hydrogen-bond acceptors (Lipinski definition) is 6. The summed E-state index contributed by atoms with van der Waals surface area (Å²) in [6.07, 6.45) is 0.583. The molecule has 1 aliphatic rings. The third-order valence-electron chi connectivity index (χ3n) is 3.51. The van der Waals surface area contributed by atoms with Crippen molar-refractivity contribution in [3.63, 3.8) is 0 Å². The van der Waals surface area contributed by atoms with Crippen molar-refractivity contribution in [1.29, 1.82) is 0 Å². The maximum atomic E-state index is 12.6. The lowest BCUT2D eigenvalue weighted by Gasteiger charge is -2.23. The summed E-state index contributed by atoms with van der Waals surface area (Å²) in [5.41, 5.74) is 1.01. The van der Waals surface area contributed by atoms with E-state index in [-0.39, 0.29) is 18.0 Å². The molecule has 1 saturated heterocycles. The fraction of sp³-hybridized carbons (Fsp3) is 0.500. The second-order valence-electron chi connectivity index (χ2n) is 5.07. The van der Waals surface area contributed by atoms with Crippen molar-refractivity contribution in [2.45, 2.75) is 25.7 Å². The highest BCUT2D eigenvalue weighted by molar-refractivity contribution is 7.90. The predicted molar refractivity (Wildman–Crippen MR) is 79.8 cm³/mol. The first-order chi connectivity index (χ1) is 10.6. The summed E-state index contributed by atoms with van der Waals surface area (Å²) in [5, 5.41) is 9.40. The Balaban J connectivity index is 1.87. The molecule has 0 saturated carbocycles. The Morgan fingerprint density at radius 1 is 1.27 bits per heavy atom. The summed E-state index contributed by atoms with van der Waals surface area (Å²) in [4.78, 5) is 4.16. The highest BCUT2D eigenvalue weighted by Crippen LogP contribution is 2.20. The van der Waals surface area contributed by atoms with Crippen molar-refractivity contribution >= 4 is 21.1 Å². The molecule has 0 amide bonds. The lowest BCUT2D eigenvalue weighted by atomic mass is 10.3. The van der Waals surface area contributed by atoms with E-state index < -0.39 is 22.9 Å². The SMILES string of the molecule is O=S(=O)(CCC1OCCCO1)n1c(CO)nc2ccccc21. The van der Waals surface area contributed by atoms with E-state index in [0.717, 1.165) is 10.4 Å². The van der Waals surface area contributed by atoms with Gasteiger partial charge in [-0.3, -0.25) is 0 Å². The Hall–Kier alpha value is -1.48. The Morgan fingerprint density at radius 2 is 2.00 bits per heavy atom. The van der Waals surface area contributed by atoms with Crippen molar-refractivity contribution < 1.29 is 23.0 Å². The number of fused-ring (bicyclic) bond motifs is 1. The van der Waals surface area contributed by atoms with Crippen molar-refractivity contribution in [3.05, 3.63) is 30.1 Å². The molecule has 0 radical (unpaired) electrons. The summed E-state index contributed by atoms with van der Waals surface area (Å²) in [5.74, 6) is -0.0166. The van der Waals surface area contributed by atoms with Crippen molar-refractivity contribution in [3.8, 4) is 0 Å². The second-order valence-corrected chi connectivity index (χ2v) is 7.01. The highest BCUT2D eigenvalue weighted by atomic mass is 32.2. The second kappa shape index (κ2) is 6.33. The fourth-order valence-corrected chi connectivity index (χ4v) is 4.05. The van der Waals surface area contributed by atoms with Crippen LogP contribution < -0.4 is 0 Å². The van der Waals surface area contributed by atoms with E-state index in [1.54, 1.807) is 24.3 Å². The molecule has 1 N–H and O–H groups in total. The van der Waals surface area contributed by atoms with Gasteiger partial charge in [-0.2, -0.15) is 0 Å². The van der Waals surface area contributed by atoms with E-state index in [9.17, 15) is 13.5 Å². The molecule has 2 heterocycles. The van der Waals surface area contributed by atoms with Crippen molar-refractivity contribution in [2.75, 3.05) is 19.0 Å². The Kier molecular flexibility index (Phi) is 4.44. The predicted octanol–water partition coefficient (Wildman–Crippen LogP) is 0.860. The number of hydrogen-bond donors (Lipinski definition) is 1. The standard InChI is InChI=1S/C14H18N2O5S/c17-10-13-15-11-4-1-2-5-12(11)16(13)22(18,19)9-6-14-20-7-3-8-21-14/h1-2,4-5,14,17H,3,6-10H2. The maximum Gasteiger partial charge on any atom is 0.240 e. The monoisotopic (exact) mass is 326 g/mol. The molecule has 0 aliphatic carbocycles. The van der Waals surface area contributed by atoms with Gasteiger partial charge in [-0.1, -0.05) is 12.1 Å². The van der Waals surface area contributed by atoms with Crippen LogP contribution >= 0.6 is 0 Å². The Morgan fingerprint density at radius 3 is 2.73 bits per heavy atom. The number of nitrogens with zero attached hydrogens (tertiary/aromatic N) is 2. The molecule has 0 spiro atoms. The molecular weight excluding hydrogens is 308 g/mol. The van der Waals surface area contributed by atoms with Crippen molar-refractivity contribution in [2.24, 2.45) is 0 Å². The lowest BCUT2D eigenvalue weighted by Crippen LogP contribution is -2.29. The van der Waals surface area contributed by atoms with Gasteiger partial charge < -0.3 is 14.6 Å². The molecule has 8 heteroatoms. The first kappa shape index (κ1) is 15.4. The van der Waals surface area contributed by atoms with E-state index in [4.69, 9.17) is 9.47 Å². The van der Waals surface area contributed by atoms with Crippen LogP contribution in [-0.2, 0) is 26.1 Å². The average molecular weight is 326 g/mol. The number of ether oxygens (including phenoxy) is 2. The van der Waals surface area contributed by atoms with Gasteiger partial charge in [0.2, 0.25) is 10.0 Å². The van der Waals surface area contributed by atoms with Crippen LogP contribution in [0, 0.1) is 0 Å². The van der Waals surface area contributed by atoms with Gasteiger partial charge in [0, 0.05) is 6.42 Å². The zero-order valence-electron chi connectivity index (χ0n) is 12.0. The zero-order valence-corrected chi connectivity index (χ0v) is 12.8. The number of aliphatic hydroxyl groups is 1. The van der Waals surface area contributed by atoms with E-state index in [1.807, 2.05) is 0 Å². The molecule has 1 fully saturated rings. The van der Waals surface area contributed by atoms with E-state index in [0.29, 0.717) is 24.2 Å². The number of aliphatic hydroxyl groups excluding tert-OH is 1. The number of aromatic nitrogens is 2. The molecule has 22 heavy (non-hydrogen) atoms. The molecule has 1 aromatic heterocycles. The summed E-state index contributed by atoms with van der Waals surface area (Å²) in [6, 6.07) is 6.90. The average Bonchev–Trinajstić information content (AvgIpc) is 2.93. The van der Waals surface area contributed by atoms with Crippen LogP contribution in [0.1, 0.15) is 18.7 Å². The number of rotatable bonds is 5. The number of imidazole rings is 1. The van der Waals surface area contributed by atoms with E-state index in [1.165, 1.54) is 0 Å². The molecule has 3 rings (SSSR count). The minimum atomic E-state index is -3.65. The summed E-state index contributed by atoms with van der Waals surface area (Å²) in [7, 11) is -3.65. The van der Waals surface area contributed by atoms with Crippen LogP contribution in [0.3, 0.4) is 0 Å². The topological polar surface area (TPSA) is 90.7 Å². The van der Waals surface area contributed by atoms with Crippen LogP contribution in [0.4, 0.5) is 0 Å². The quantitative estimate of drug-likeness (QED) is 0.876. The van der Waals surface area contributed by atoms with Gasteiger partial charge in [-0.15, -0.1) is 0 Å². The van der Waals surface area contributed by atoms with Gasteiger partial charge >= 0.3 is 0 Å². The first-order valence-corrected chi connectivity index (χ1v) is 8.76. The minimum Gasteiger partial charge on any atom is -0.388 e. The van der Waals surface area contributed by atoms with Crippen LogP contribution in [-0.4, -0.2) is 47.7 Å². The van der Waals surface area contributed by atoms with Gasteiger partial charge in [-0.25, -0.2) is 17.4 Å². The van der Waals surface area contributed by atoms with E-state index >= 15 is 0 Å². The third kappa shape index (κ3) is 3.00. The molecule has 120 valence electrons.